The molecule has 0 radical (unpaired) electrons. The number of benzene rings is 2. The molecule has 0 aliphatic carbocycles. The molecule has 1 atom stereocenters. The van der Waals surface area contributed by atoms with Crippen LogP contribution >= 0.6 is 11.6 Å². The summed E-state index contributed by atoms with van der Waals surface area (Å²) in [7, 11) is 3.15. The van der Waals surface area contributed by atoms with Gasteiger partial charge in [-0.25, -0.2) is 0 Å². The Kier molecular flexibility index (Phi) is 4.92. The number of hydrogen-bond donors (Lipinski definition) is 0. The van der Waals surface area contributed by atoms with Crippen molar-refractivity contribution in [1.82, 2.24) is 10.1 Å². The summed E-state index contributed by atoms with van der Waals surface area (Å²) in [6.07, 6.45) is 0.316. The number of anilines is 1. The zero-order chi connectivity index (χ0) is 19.7. The van der Waals surface area contributed by atoms with Crippen molar-refractivity contribution in [1.29, 1.82) is 0 Å². The highest BCUT2D eigenvalue weighted by Crippen LogP contribution is 2.34. The van der Waals surface area contributed by atoms with Crippen LogP contribution in [0.2, 0.25) is 5.02 Å². The molecule has 8 heteroatoms. The second kappa shape index (κ2) is 7.52. The Labute approximate surface area is 166 Å². The van der Waals surface area contributed by atoms with Gasteiger partial charge in [0.15, 0.2) is 11.5 Å². The van der Waals surface area contributed by atoms with Crippen LogP contribution in [0, 0.1) is 0 Å². The molecule has 1 saturated heterocycles. The monoisotopic (exact) mass is 399 g/mol. The lowest BCUT2D eigenvalue weighted by molar-refractivity contribution is -0.117. The summed E-state index contributed by atoms with van der Waals surface area (Å²) in [6, 6.07) is 12.6. The maximum absolute atomic E-state index is 12.4. The van der Waals surface area contributed by atoms with Crippen LogP contribution in [0.1, 0.15) is 18.2 Å². The molecular formula is C20H18ClN3O4. The zero-order valence-corrected chi connectivity index (χ0v) is 16.1. The highest BCUT2D eigenvalue weighted by molar-refractivity contribution is 6.30. The van der Waals surface area contributed by atoms with Crippen LogP contribution < -0.4 is 14.4 Å². The number of carbonyl (C=O) groups excluding carboxylic acids is 1. The molecule has 1 fully saturated rings. The van der Waals surface area contributed by atoms with Gasteiger partial charge in [-0.1, -0.05) is 16.8 Å². The first-order valence-corrected chi connectivity index (χ1v) is 9.08. The fourth-order valence-electron chi connectivity index (χ4n) is 3.24. The number of ether oxygens (including phenoxy) is 2. The molecule has 3 aromatic rings. The van der Waals surface area contributed by atoms with Crippen molar-refractivity contribution < 1.29 is 18.8 Å². The molecule has 4 rings (SSSR count). The quantitative estimate of drug-likeness (QED) is 0.647. The van der Waals surface area contributed by atoms with Gasteiger partial charge in [-0.2, -0.15) is 4.98 Å². The molecule has 1 aliphatic heterocycles. The number of hydrogen-bond acceptors (Lipinski definition) is 6. The Bertz CT molecular complexity index is 1000. The van der Waals surface area contributed by atoms with Crippen molar-refractivity contribution in [3.05, 3.63) is 53.4 Å². The van der Waals surface area contributed by atoms with Crippen LogP contribution in [0.5, 0.6) is 11.5 Å². The van der Waals surface area contributed by atoms with Gasteiger partial charge in [0.25, 0.3) is 0 Å². The van der Waals surface area contributed by atoms with E-state index in [1.807, 2.05) is 18.2 Å². The number of halogens is 1. The first-order valence-electron chi connectivity index (χ1n) is 8.71. The Morgan fingerprint density at radius 1 is 1.11 bits per heavy atom. The summed E-state index contributed by atoms with van der Waals surface area (Å²) in [5, 5.41) is 4.69. The molecule has 1 aromatic heterocycles. The SMILES string of the molecule is COc1ccc(-c2noc([C@@H]3CC(=O)N(c4ccc(Cl)cc4)C3)n2)cc1OC. The molecule has 2 heterocycles. The van der Waals surface area contributed by atoms with Gasteiger partial charge in [-0.3, -0.25) is 4.79 Å². The molecule has 0 bridgehead atoms. The third-order valence-electron chi connectivity index (χ3n) is 4.70. The number of nitrogens with zero attached hydrogens (tertiary/aromatic N) is 3. The highest BCUT2D eigenvalue weighted by atomic mass is 35.5. The summed E-state index contributed by atoms with van der Waals surface area (Å²) in [6.45, 7) is 0.480. The largest absolute Gasteiger partial charge is 0.493 e. The molecule has 1 aliphatic rings. The summed E-state index contributed by atoms with van der Waals surface area (Å²) in [5.74, 6) is 1.93. The topological polar surface area (TPSA) is 77.7 Å². The predicted octanol–water partition coefficient (Wildman–Crippen LogP) is 3.93. The highest BCUT2D eigenvalue weighted by Gasteiger charge is 2.35. The maximum atomic E-state index is 12.4. The van der Waals surface area contributed by atoms with E-state index in [4.69, 9.17) is 25.6 Å². The second-order valence-corrected chi connectivity index (χ2v) is 6.84. The molecule has 7 nitrogen and oxygen atoms in total. The second-order valence-electron chi connectivity index (χ2n) is 6.41. The number of carbonyl (C=O) groups is 1. The number of aromatic nitrogens is 2. The van der Waals surface area contributed by atoms with Gasteiger partial charge in [0.1, 0.15) is 0 Å². The van der Waals surface area contributed by atoms with Crippen molar-refractivity contribution in [2.45, 2.75) is 12.3 Å². The van der Waals surface area contributed by atoms with E-state index in [2.05, 4.69) is 10.1 Å². The molecule has 0 spiro atoms. The summed E-state index contributed by atoms with van der Waals surface area (Å²) < 4.78 is 16.0. The third kappa shape index (κ3) is 3.41. The van der Waals surface area contributed by atoms with Gasteiger partial charge in [-0.15, -0.1) is 0 Å². The minimum Gasteiger partial charge on any atom is -0.493 e. The van der Waals surface area contributed by atoms with Crippen LogP contribution in [0.4, 0.5) is 5.69 Å². The smallest absolute Gasteiger partial charge is 0.232 e. The lowest BCUT2D eigenvalue weighted by atomic mass is 10.1. The summed E-state index contributed by atoms with van der Waals surface area (Å²) >= 11 is 5.93. The van der Waals surface area contributed by atoms with Crippen LogP contribution in [-0.2, 0) is 4.79 Å². The fourth-order valence-corrected chi connectivity index (χ4v) is 3.36. The van der Waals surface area contributed by atoms with E-state index >= 15 is 0 Å². The Hall–Kier alpha value is -3.06. The number of methoxy groups -OCH3 is 2. The van der Waals surface area contributed by atoms with E-state index in [0.717, 1.165) is 11.3 Å². The Balaban J connectivity index is 1.55. The van der Waals surface area contributed by atoms with E-state index in [0.29, 0.717) is 41.2 Å². The lowest BCUT2D eigenvalue weighted by Crippen LogP contribution is -2.24. The number of rotatable bonds is 5. The maximum Gasteiger partial charge on any atom is 0.232 e. The third-order valence-corrected chi connectivity index (χ3v) is 4.95. The van der Waals surface area contributed by atoms with Crippen LogP contribution in [0.15, 0.2) is 47.0 Å². The average molecular weight is 400 g/mol. The fraction of sp³-hybridized carbons (Fsp3) is 0.250. The van der Waals surface area contributed by atoms with Gasteiger partial charge in [0.05, 0.1) is 20.1 Å². The van der Waals surface area contributed by atoms with Crippen molar-refractivity contribution in [2.24, 2.45) is 0 Å². The van der Waals surface area contributed by atoms with E-state index in [-0.39, 0.29) is 11.8 Å². The van der Waals surface area contributed by atoms with Crippen molar-refractivity contribution in [3.63, 3.8) is 0 Å². The van der Waals surface area contributed by atoms with E-state index in [1.165, 1.54) is 0 Å². The van der Waals surface area contributed by atoms with Crippen LogP contribution in [-0.4, -0.2) is 36.8 Å². The van der Waals surface area contributed by atoms with E-state index < -0.39 is 0 Å². The molecule has 1 amide bonds. The van der Waals surface area contributed by atoms with Crippen LogP contribution in [0.3, 0.4) is 0 Å². The predicted molar refractivity (Wildman–Crippen MR) is 104 cm³/mol. The van der Waals surface area contributed by atoms with Crippen molar-refractivity contribution >= 4 is 23.2 Å². The van der Waals surface area contributed by atoms with Gasteiger partial charge in [0.2, 0.25) is 17.6 Å². The molecule has 0 unspecified atom stereocenters. The van der Waals surface area contributed by atoms with Crippen LogP contribution in [0.25, 0.3) is 11.4 Å². The normalized spacial score (nSPS) is 16.5. The molecule has 2 aromatic carbocycles. The van der Waals surface area contributed by atoms with Gasteiger partial charge in [0, 0.05) is 29.2 Å². The lowest BCUT2D eigenvalue weighted by Gasteiger charge is -2.15. The molecule has 28 heavy (non-hydrogen) atoms. The van der Waals surface area contributed by atoms with E-state index in [1.54, 1.807) is 43.4 Å². The van der Waals surface area contributed by atoms with Gasteiger partial charge in [-0.05, 0) is 42.5 Å². The minimum absolute atomic E-state index is 0.0122. The van der Waals surface area contributed by atoms with Gasteiger partial charge >= 0.3 is 0 Å². The molecule has 144 valence electrons. The number of amides is 1. The van der Waals surface area contributed by atoms with Crippen molar-refractivity contribution in [3.8, 4) is 22.9 Å². The summed E-state index contributed by atoms with van der Waals surface area (Å²) in [4.78, 5) is 18.7. The summed E-state index contributed by atoms with van der Waals surface area (Å²) in [5.41, 5.74) is 1.54. The zero-order valence-electron chi connectivity index (χ0n) is 15.4. The molecular weight excluding hydrogens is 382 g/mol. The Morgan fingerprint density at radius 2 is 1.86 bits per heavy atom. The van der Waals surface area contributed by atoms with Crippen molar-refractivity contribution in [2.75, 3.05) is 25.7 Å². The first kappa shape index (κ1) is 18.3. The standard InChI is InChI=1S/C20H18ClN3O4/c1-26-16-8-3-12(9-17(16)27-2)19-22-20(28-23-19)13-10-18(25)24(11-13)15-6-4-14(21)5-7-15/h3-9,13H,10-11H2,1-2H3/t13-/m1/s1. The van der Waals surface area contributed by atoms with E-state index in [9.17, 15) is 4.79 Å². The molecule has 0 saturated carbocycles. The molecule has 0 N–H and O–H groups in total. The first-order chi connectivity index (χ1) is 13.6. The van der Waals surface area contributed by atoms with Gasteiger partial charge < -0.3 is 18.9 Å². The average Bonchev–Trinajstić information content (AvgIpc) is 3.35. The minimum atomic E-state index is -0.162. The Morgan fingerprint density at radius 3 is 2.57 bits per heavy atom.